The van der Waals surface area contributed by atoms with E-state index < -0.39 is 0 Å². The van der Waals surface area contributed by atoms with E-state index in [2.05, 4.69) is 290 Å². The zero-order chi connectivity index (χ0) is 68.3. The van der Waals surface area contributed by atoms with Crippen LogP contribution in [0, 0.1) is 47.3 Å². The molecular weight excluding hydrogens is 1430 g/mol. The Morgan fingerprint density at radius 3 is 0.808 bits per heavy atom. The van der Waals surface area contributed by atoms with Crippen LogP contribution in [0.3, 0.4) is 0 Å². The van der Waals surface area contributed by atoms with E-state index in [1.807, 2.05) is 84.2 Å². The van der Waals surface area contributed by atoms with Gasteiger partial charge in [0.15, 0.2) is 0 Å². The van der Waals surface area contributed by atoms with Crippen LogP contribution in [0.4, 0.5) is 45.5 Å². The Balaban J connectivity index is 0.000000132. The van der Waals surface area contributed by atoms with E-state index in [4.69, 9.17) is 0 Å². The number of rotatable bonds is 8. The third kappa shape index (κ3) is 11.4. The van der Waals surface area contributed by atoms with Crippen molar-refractivity contribution in [3.63, 3.8) is 0 Å². The van der Waals surface area contributed by atoms with Gasteiger partial charge in [0.1, 0.15) is 0 Å². The monoisotopic (exact) mass is 1510 g/mol. The SMILES string of the molecule is Brc1ccc2cc3c(cc2c1)C1(c2cc4cc(Br)ccc4cc2S3)C2CC3CC(C2)CC1C3.C.c1ccc(N(c2ccccc2)c2ccc3cc4c(cc3c2)C2(c3cc5cc(N(c6ccccc6)c6ccccc6)ccc5cc3S4)C3CC4CC(C3)CC2C4)cc1.c1ccc(Nc2ccccc2)cc1. The van der Waals surface area contributed by atoms with Gasteiger partial charge in [-0.3, -0.25) is 0 Å². The van der Waals surface area contributed by atoms with Gasteiger partial charge in [0, 0.05) is 84.9 Å². The maximum absolute atomic E-state index is 3.73. The van der Waals surface area contributed by atoms with Crippen molar-refractivity contribution in [2.45, 2.75) is 102 Å². The Morgan fingerprint density at radius 1 is 0.260 bits per heavy atom. The van der Waals surface area contributed by atoms with Crippen LogP contribution in [0.2, 0.25) is 0 Å². The third-order valence-electron chi connectivity index (χ3n) is 25.1. The fourth-order valence-corrected chi connectivity index (χ4v) is 24.8. The molecule has 2 heterocycles. The number of para-hydroxylation sites is 6. The number of fused-ring (bicyclic) bond motifs is 8. The van der Waals surface area contributed by atoms with E-state index in [9.17, 15) is 0 Å². The normalized spacial score (nSPS) is 21.8. The largest absolute Gasteiger partial charge is 0.356 e. The second-order valence-electron chi connectivity index (χ2n) is 30.9. The van der Waals surface area contributed by atoms with Crippen molar-refractivity contribution in [3.8, 4) is 0 Å². The average Bonchev–Trinajstić information content (AvgIpc) is 0.686. The van der Waals surface area contributed by atoms with E-state index in [0.717, 1.165) is 46.9 Å². The molecule has 0 radical (unpaired) electrons. The van der Waals surface area contributed by atoms with Crippen molar-refractivity contribution in [1.29, 1.82) is 0 Å². The lowest BCUT2D eigenvalue weighted by Gasteiger charge is -2.63. The van der Waals surface area contributed by atoms with Gasteiger partial charge in [0.2, 0.25) is 0 Å². The second-order valence-corrected chi connectivity index (χ2v) is 34.9. The van der Waals surface area contributed by atoms with Crippen molar-refractivity contribution in [2.24, 2.45) is 47.3 Å². The van der Waals surface area contributed by atoms with Gasteiger partial charge < -0.3 is 15.1 Å². The molecule has 3 nitrogen and oxygen atoms in total. The summed E-state index contributed by atoms with van der Waals surface area (Å²) in [7, 11) is 0. The molecular formula is C97H83Br2N3S2. The van der Waals surface area contributed by atoms with Crippen LogP contribution in [0.1, 0.15) is 93.9 Å². The summed E-state index contributed by atoms with van der Waals surface area (Å²) in [6.45, 7) is 0. The summed E-state index contributed by atoms with van der Waals surface area (Å²) in [6, 6.07) is 112. The lowest BCUT2D eigenvalue weighted by Crippen LogP contribution is -2.57. The molecule has 2 aliphatic heterocycles. The summed E-state index contributed by atoms with van der Waals surface area (Å²) in [5.41, 5.74) is 16.0. The summed E-state index contributed by atoms with van der Waals surface area (Å²) in [6.07, 6.45) is 14.1. The number of anilines is 8. The molecule has 0 amide bonds. The topological polar surface area (TPSA) is 18.5 Å². The molecule has 0 unspecified atom stereocenters. The van der Waals surface area contributed by atoms with E-state index >= 15 is 0 Å². The molecule has 24 rings (SSSR count). The predicted molar refractivity (Wildman–Crippen MR) is 447 cm³/mol. The highest BCUT2D eigenvalue weighted by atomic mass is 79.9. The molecule has 14 aromatic rings. The number of nitrogens with one attached hydrogen (secondary N) is 1. The highest BCUT2D eigenvalue weighted by Gasteiger charge is 2.62. The van der Waals surface area contributed by atoms with Crippen LogP contribution >= 0.6 is 55.4 Å². The van der Waals surface area contributed by atoms with Gasteiger partial charge in [-0.15, -0.1) is 0 Å². The number of halogens is 2. The average molecular weight is 1510 g/mol. The molecule has 0 aromatic heterocycles. The van der Waals surface area contributed by atoms with Crippen LogP contribution in [-0.2, 0) is 10.8 Å². The van der Waals surface area contributed by atoms with Gasteiger partial charge in [-0.25, -0.2) is 0 Å². The lowest BCUT2D eigenvalue weighted by molar-refractivity contribution is -0.0443. The molecule has 8 aliphatic carbocycles. The zero-order valence-corrected chi connectivity index (χ0v) is 62.3. The fraction of sp³-hybridized carbons (Fsp3) is 0.216. The molecule has 7 heteroatoms. The summed E-state index contributed by atoms with van der Waals surface area (Å²) in [4.78, 5) is 10.7. The Hall–Kier alpha value is -8.82. The molecule has 512 valence electrons. The van der Waals surface area contributed by atoms with Crippen molar-refractivity contribution in [3.05, 3.63) is 335 Å². The minimum Gasteiger partial charge on any atom is -0.356 e. The Bertz CT molecular complexity index is 5120. The van der Waals surface area contributed by atoms with E-state index in [-0.39, 0.29) is 18.3 Å². The highest BCUT2D eigenvalue weighted by molar-refractivity contribution is 9.10. The van der Waals surface area contributed by atoms with E-state index in [1.54, 1.807) is 22.3 Å². The molecule has 8 fully saturated rings. The first-order valence-electron chi connectivity index (χ1n) is 37.4. The summed E-state index contributed by atoms with van der Waals surface area (Å²) in [5, 5.41) is 14.1. The number of hydrogen-bond acceptors (Lipinski definition) is 5. The quantitative estimate of drug-likeness (QED) is 0.163. The van der Waals surface area contributed by atoms with Gasteiger partial charge in [-0.1, -0.05) is 196 Å². The Kier molecular flexibility index (Phi) is 17.1. The third-order valence-corrected chi connectivity index (χ3v) is 28.3. The van der Waals surface area contributed by atoms with Gasteiger partial charge in [0.25, 0.3) is 0 Å². The Labute approximate surface area is 637 Å². The zero-order valence-electron chi connectivity index (χ0n) is 57.5. The van der Waals surface area contributed by atoms with Crippen molar-refractivity contribution < 1.29 is 0 Å². The molecule has 8 saturated carbocycles. The molecule has 14 aromatic carbocycles. The number of benzene rings is 14. The van der Waals surface area contributed by atoms with E-state index in [0.29, 0.717) is 11.8 Å². The first-order valence-corrected chi connectivity index (χ1v) is 40.6. The standard InChI is InChI=1S/C54H44N2S.C30H24Br2S.C12H11N.CH4/c1-5-13-44(14-6-1)55(45-15-7-2-8-16-45)48-23-21-38-34-52-50(32-40(38)30-48)54(42-26-36-25-37(28-42)29-43(54)27-36)51-33-41-31-49(24-22-39(41)35-53(51)57-52)56(46-17-9-3-10-18-46)47-19-11-4-12-20-47;31-24-3-1-18-14-28-26(12-20(18)10-24)30(22-6-16-5-17(8-22)9-23(30)7-16)27-13-21-11-25(32)4-2-19(21)15-29(27)33-28;1-3-7-11(8-4-1)13-12-9-5-2-6-10-12;/h1-24,30-37,42-43H,25-29H2;1-4,10-17,22-23H,5-9H2;1-10,13H;1H4. The number of nitrogens with zero attached hydrogens (tertiary/aromatic N) is 2. The molecule has 0 atom stereocenters. The molecule has 10 aliphatic rings. The van der Waals surface area contributed by atoms with Crippen molar-refractivity contribution in [1.82, 2.24) is 0 Å². The highest BCUT2D eigenvalue weighted by Crippen LogP contribution is 2.71. The first kappa shape index (κ1) is 65.9. The summed E-state index contributed by atoms with van der Waals surface area (Å²) in [5.74, 6) is 6.59. The van der Waals surface area contributed by atoms with Crippen LogP contribution in [0.15, 0.2) is 332 Å². The van der Waals surface area contributed by atoms with Crippen LogP contribution in [0.25, 0.3) is 43.1 Å². The van der Waals surface area contributed by atoms with Crippen LogP contribution in [0.5, 0.6) is 0 Å². The molecule has 104 heavy (non-hydrogen) atoms. The fourth-order valence-electron chi connectivity index (χ4n) is 21.5. The minimum atomic E-state index is 0. The molecule has 1 N–H and O–H groups in total. The maximum Gasteiger partial charge on any atom is 0.0468 e. The second kappa shape index (κ2) is 27.0. The van der Waals surface area contributed by atoms with Gasteiger partial charge in [-0.05, 0) is 347 Å². The van der Waals surface area contributed by atoms with Gasteiger partial charge in [0.05, 0.1) is 0 Å². The molecule has 2 spiro atoms. The van der Waals surface area contributed by atoms with Gasteiger partial charge >= 0.3 is 0 Å². The Morgan fingerprint density at radius 2 is 0.519 bits per heavy atom. The summed E-state index contributed by atoms with van der Waals surface area (Å²) >= 11 is 11.5. The van der Waals surface area contributed by atoms with Crippen molar-refractivity contribution >= 4 is 144 Å². The molecule has 8 bridgehead atoms. The minimum absolute atomic E-state index is 0. The van der Waals surface area contributed by atoms with E-state index in [1.165, 1.54) is 170 Å². The summed E-state index contributed by atoms with van der Waals surface area (Å²) < 4.78 is 2.35. The smallest absolute Gasteiger partial charge is 0.0468 e. The first-order chi connectivity index (χ1) is 50.7. The van der Waals surface area contributed by atoms with Crippen LogP contribution < -0.4 is 15.1 Å². The number of hydrogen-bond donors (Lipinski definition) is 1. The van der Waals surface area contributed by atoms with Crippen LogP contribution in [-0.4, -0.2) is 0 Å². The lowest BCUT2D eigenvalue weighted by atomic mass is 9.42. The van der Waals surface area contributed by atoms with Crippen molar-refractivity contribution in [2.75, 3.05) is 15.1 Å². The maximum atomic E-state index is 3.73. The predicted octanol–water partition coefficient (Wildman–Crippen LogP) is 28.9. The molecule has 0 saturated heterocycles. The van der Waals surface area contributed by atoms with Gasteiger partial charge in [-0.2, -0.15) is 0 Å².